The van der Waals surface area contributed by atoms with Crippen LogP contribution in [-0.2, 0) is 16.5 Å². The largest absolute Gasteiger partial charge is 0.446 e. The third-order valence-electron chi connectivity index (χ3n) is 10.7. The van der Waals surface area contributed by atoms with Gasteiger partial charge in [-0.25, -0.2) is 14.6 Å². The molecule has 246 valence electrons. The molecule has 1 N–H and O–H groups in total. The molecule has 0 radical (unpaired) electrons. The topological polar surface area (TPSA) is 102 Å². The van der Waals surface area contributed by atoms with Crippen molar-refractivity contribution in [2.75, 3.05) is 26.2 Å². The first kappa shape index (κ1) is 30.4. The quantitative estimate of drug-likeness (QED) is 0.309. The second kappa shape index (κ2) is 12.3. The molecule has 2 atom stereocenters. The van der Waals surface area contributed by atoms with Gasteiger partial charge in [-0.2, -0.15) is 0 Å². The number of benzene rings is 1. The molecule has 8 rings (SSSR count). The second-order valence-electron chi connectivity index (χ2n) is 13.8. The molecule has 0 unspecified atom stereocenters. The van der Waals surface area contributed by atoms with Crippen LogP contribution in [-0.4, -0.2) is 74.4 Å². The average molecular weight is 657 g/mol. The van der Waals surface area contributed by atoms with Gasteiger partial charge in [-0.3, -0.25) is 9.88 Å². The van der Waals surface area contributed by atoms with Gasteiger partial charge >= 0.3 is 12.2 Å². The van der Waals surface area contributed by atoms with Crippen LogP contribution in [0.4, 0.5) is 9.59 Å². The maximum atomic E-state index is 13.6. The summed E-state index contributed by atoms with van der Waals surface area (Å²) in [6.07, 6.45) is 15.2. The highest BCUT2D eigenvalue weighted by Crippen LogP contribution is 2.56. The summed E-state index contributed by atoms with van der Waals surface area (Å²) < 4.78 is 13.9. The van der Waals surface area contributed by atoms with E-state index >= 15 is 0 Å². The SMILES string of the molecule is Cn1cncc1[C@H](NC(=O)OC1(C2CC2)CC1)C1=Cc2cccnc2[C@@H](N2CCN(C(=O)OC3CCCC3)CC2)c2ccc(Cl)cc21. The Morgan fingerprint density at radius 2 is 1.85 bits per heavy atom. The van der Waals surface area contributed by atoms with Crippen LogP contribution in [0.15, 0.2) is 49.1 Å². The average Bonchev–Trinajstić information content (AvgIpc) is 3.98. The van der Waals surface area contributed by atoms with Crippen LogP contribution in [0.2, 0.25) is 5.02 Å². The van der Waals surface area contributed by atoms with Crippen molar-refractivity contribution >= 4 is 35.4 Å². The first-order valence-corrected chi connectivity index (χ1v) is 17.4. The number of ether oxygens (including phenoxy) is 2. The maximum Gasteiger partial charge on any atom is 0.410 e. The summed E-state index contributed by atoms with van der Waals surface area (Å²) >= 11 is 6.72. The highest BCUT2D eigenvalue weighted by molar-refractivity contribution is 6.30. The summed E-state index contributed by atoms with van der Waals surface area (Å²) in [7, 11) is 1.93. The van der Waals surface area contributed by atoms with Crippen molar-refractivity contribution in [2.24, 2.45) is 13.0 Å². The van der Waals surface area contributed by atoms with E-state index in [1.165, 1.54) is 0 Å². The van der Waals surface area contributed by atoms with Gasteiger partial charge in [-0.05, 0) is 104 Å². The van der Waals surface area contributed by atoms with Gasteiger partial charge in [0.25, 0.3) is 0 Å². The van der Waals surface area contributed by atoms with Crippen molar-refractivity contribution in [1.82, 2.24) is 29.7 Å². The van der Waals surface area contributed by atoms with E-state index in [0.29, 0.717) is 37.1 Å². The van der Waals surface area contributed by atoms with Crippen LogP contribution >= 0.6 is 11.6 Å². The number of amides is 2. The molecule has 5 aliphatic rings. The fourth-order valence-electron chi connectivity index (χ4n) is 7.80. The fourth-order valence-corrected chi connectivity index (χ4v) is 7.97. The maximum absolute atomic E-state index is 13.6. The third kappa shape index (κ3) is 6.02. The number of nitrogens with zero attached hydrogens (tertiary/aromatic N) is 5. The van der Waals surface area contributed by atoms with E-state index < -0.39 is 12.1 Å². The summed E-state index contributed by atoms with van der Waals surface area (Å²) in [6.45, 7) is 2.47. The predicted octanol–water partition coefficient (Wildman–Crippen LogP) is 6.52. The molecular formula is C36H41ClN6O4. The van der Waals surface area contributed by atoms with E-state index in [-0.39, 0.29) is 23.8 Å². The van der Waals surface area contributed by atoms with E-state index in [9.17, 15) is 9.59 Å². The standard InChI is InChI=1S/C36H41ClN6O4/c1-41-22-38-21-30(41)32(40-34(44)47-36(12-13-36)24-8-9-24)29-19-23-5-4-14-39-31(23)33(27-11-10-25(37)20-28(27)29)42-15-17-43(18-16-42)35(45)46-26-6-2-3-7-26/h4-5,10-11,14,19-22,24,26,32-33H,2-3,6-9,12-13,15-18H2,1H3,(H,40,44)/t32-,33+/m1/s1. The number of nitrogens with one attached hydrogen (secondary N) is 1. The van der Waals surface area contributed by atoms with E-state index in [1.807, 2.05) is 40.9 Å². The van der Waals surface area contributed by atoms with Crippen molar-refractivity contribution in [3.63, 3.8) is 0 Å². The molecule has 1 aromatic carbocycles. The fraction of sp³-hybridized carbons (Fsp3) is 0.500. The van der Waals surface area contributed by atoms with Crippen LogP contribution in [0.25, 0.3) is 11.6 Å². The molecule has 3 heterocycles. The van der Waals surface area contributed by atoms with E-state index in [1.54, 1.807) is 12.5 Å². The number of fused-ring (bicyclic) bond motifs is 2. The lowest BCUT2D eigenvalue weighted by molar-refractivity contribution is 0.0433. The Kier molecular flexibility index (Phi) is 7.96. The van der Waals surface area contributed by atoms with Gasteiger partial charge in [0.05, 0.1) is 36.0 Å². The Hall–Kier alpha value is -3.89. The third-order valence-corrected chi connectivity index (χ3v) is 10.9. The predicted molar refractivity (Wildman–Crippen MR) is 178 cm³/mol. The summed E-state index contributed by atoms with van der Waals surface area (Å²) in [5.74, 6) is 0.476. The Bertz CT molecular complexity index is 1700. The van der Waals surface area contributed by atoms with Crippen molar-refractivity contribution < 1.29 is 19.1 Å². The van der Waals surface area contributed by atoms with Crippen LogP contribution in [0.3, 0.4) is 0 Å². The minimum Gasteiger partial charge on any atom is -0.446 e. The van der Waals surface area contributed by atoms with Gasteiger partial charge in [-0.15, -0.1) is 0 Å². The van der Waals surface area contributed by atoms with Crippen molar-refractivity contribution in [3.8, 4) is 0 Å². The second-order valence-corrected chi connectivity index (χ2v) is 14.2. The normalized spacial score (nSPS) is 22.8. The molecule has 2 amide bonds. The Morgan fingerprint density at radius 1 is 1.06 bits per heavy atom. The van der Waals surface area contributed by atoms with Crippen molar-refractivity contribution in [2.45, 2.75) is 75.2 Å². The molecule has 1 aliphatic heterocycles. The number of carbonyl (C=O) groups is 2. The molecule has 0 bridgehead atoms. The lowest BCUT2D eigenvalue weighted by atomic mass is 9.90. The molecule has 10 nitrogen and oxygen atoms in total. The number of hydrogen-bond donors (Lipinski definition) is 1. The molecule has 4 aliphatic carbocycles. The van der Waals surface area contributed by atoms with Gasteiger partial charge in [0.2, 0.25) is 0 Å². The summed E-state index contributed by atoms with van der Waals surface area (Å²) in [5, 5.41) is 3.85. The monoisotopic (exact) mass is 656 g/mol. The smallest absolute Gasteiger partial charge is 0.410 e. The molecule has 47 heavy (non-hydrogen) atoms. The van der Waals surface area contributed by atoms with E-state index in [2.05, 4.69) is 33.4 Å². The summed E-state index contributed by atoms with van der Waals surface area (Å²) in [5.41, 5.74) is 5.25. The lowest BCUT2D eigenvalue weighted by Gasteiger charge is -2.39. The number of piperazine rings is 1. The molecule has 4 fully saturated rings. The minimum atomic E-state index is -0.559. The number of rotatable bonds is 7. The van der Waals surface area contributed by atoms with E-state index in [0.717, 1.165) is 85.0 Å². The van der Waals surface area contributed by atoms with Crippen LogP contribution in [0.5, 0.6) is 0 Å². The molecule has 0 spiro atoms. The first-order valence-electron chi connectivity index (χ1n) is 17.0. The molecule has 3 saturated carbocycles. The summed E-state index contributed by atoms with van der Waals surface area (Å²) in [6, 6.07) is 9.24. The zero-order chi connectivity index (χ0) is 32.1. The van der Waals surface area contributed by atoms with Gasteiger partial charge < -0.3 is 24.3 Å². The summed E-state index contributed by atoms with van der Waals surface area (Å²) in [4.78, 5) is 40.2. The minimum absolute atomic E-state index is 0.0429. The Labute approximate surface area is 280 Å². The lowest BCUT2D eigenvalue weighted by Crippen LogP contribution is -2.50. The zero-order valence-corrected chi connectivity index (χ0v) is 27.5. The zero-order valence-electron chi connectivity index (χ0n) is 26.7. The number of alkyl carbamates (subject to hydrolysis) is 1. The van der Waals surface area contributed by atoms with E-state index in [4.69, 9.17) is 26.1 Å². The highest BCUT2D eigenvalue weighted by atomic mass is 35.5. The Balaban J connectivity index is 1.13. The van der Waals surface area contributed by atoms with Gasteiger partial charge in [0.15, 0.2) is 0 Å². The van der Waals surface area contributed by atoms with Gasteiger partial charge in [0, 0.05) is 44.4 Å². The van der Waals surface area contributed by atoms with Crippen molar-refractivity contribution in [3.05, 3.63) is 82.2 Å². The number of halogens is 1. The van der Waals surface area contributed by atoms with Crippen LogP contribution in [0.1, 0.15) is 91.5 Å². The van der Waals surface area contributed by atoms with Gasteiger partial charge in [-0.1, -0.05) is 23.7 Å². The Morgan fingerprint density at radius 3 is 2.55 bits per heavy atom. The number of imidazole rings is 1. The first-order chi connectivity index (χ1) is 22.9. The van der Waals surface area contributed by atoms with Crippen LogP contribution in [0, 0.1) is 5.92 Å². The molecule has 3 aromatic rings. The molecule has 2 aromatic heterocycles. The number of aryl methyl sites for hydroxylation is 1. The number of carbonyl (C=O) groups excluding carboxylic acids is 2. The number of aromatic nitrogens is 3. The highest BCUT2D eigenvalue weighted by Gasteiger charge is 2.57. The molecule has 1 saturated heterocycles. The molecule has 11 heteroatoms. The van der Waals surface area contributed by atoms with Crippen molar-refractivity contribution in [1.29, 1.82) is 0 Å². The number of hydrogen-bond acceptors (Lipinski definition) is 7. The number of pyridine rings is 1. The van der Waals surface area contributed by atoms with Crippen LogP contribution < -0.4 is 5.32 Å². The van der Waals surface area contributed by atoms with Gasteiger partial charge in [0.1, 0.15) is 11.7 Å². The molecular weight excluding hydrogens is 616 g/mol.